The second-order valence-corrected chi connectivity index (χ2v) is 5.18. The summed E-state index contributed by atoms with van der Waals surface area (Å²) in [6, 6.07) is 4.24. The molecule has 4 nitrogen and oxygen atoms in total. The Bertz CT molecular complexity index is 547. The average molecular weight is 310 g/mol. The van der Waals surface area contributed by atoms with E-state index in [4.69, 9.17) is 4.74 Å². The van der Waals surface area contributed by atoms with Crippen molar-refractivity contribution in [3.05, 3.63) is 29.0 Å². The molecule has 0 N–H and O–H groups in total. The summed E-state index contributed by atoms with van der Waals surface area (Å²) in [5.41, 5.74) is 2.86. The Balaban J connectivity index is 2.44. The Morgan fingerprint density at radius 3 is 2.94 bits per heavy atom. The molecule has 5 heteroatoms. The summed E-state index contributed by atoms with van der Waals surface area (Å²) in [4.78, 5) is 11.0. The Kier molecular flexibility index (Phi) is 4.14. The van der Waals surface area contributed by atoms with Crippen molar-refractivity contribution < 1.29 is 4.74 Å². The highest BCUT2D eigenvalue weighted by Crippen LogP contribution is 2.25. The van der Waals surface area contributed by atoms with Crippen LogP contribution in [0.5, 0.6) is 0 Å². The van der Waals surface area contributed by atoms with Gasteiger partial charge in [-0.05, 0) is 35.0 Å². The van der Waals surface area contributed by atoms with Crippen molar-refractivity contribution in [2.24, 2.45) is 0 Å². The van der Waals surface area contributed by atoms with Gasteiger partial charge in [-0.3, -0.25) is 9.97 Å². The molecule has 18 heavy (non-hydrogen) atoms. The molecular formula is C13H16BrN3O. The molecule has 0 aliphatic heterocycles. The lowest BCUT2D eigenvalue weighted by molar-refractivity contribution is 0.183. The molecule has 0 aliphatic rings. The Hall–Kier alpha value is -1.20. The van der Waals surface area contributed by atoms with Gasteiger partial charge in [0.25, 0.3) is 0 Å². The Morgan fingerprint density at radius 2 is 2.22 bits per heavy atom. The van der Waals surface area contributed by atoms with Crippen LogP contribution < -0.4 is 4.90 Å². The van der Waals surface area contributed by atoms with Crippen LogP contribution >= 0.6 is 15.9 Å². The zero-order valence-corrected chi connectivity index (χ0v) is 12.3. The average Bonchev–Trinajstić information content (AvgIpc) is 2.37. The number of likely N-dealkylation sites (N-methyl/N-ethyl adjacent to an activating group) is 1. The fourth-order valence-electron chi connectivity index (χ4n) is 1.87. The van der Waals surface area contributed by atoms with Crippen molar-refractivity contribution in [2.75, 3.05) is 25.7 Å². The van der Waals surface area contributed by atoms with Crippen LogP contribution in [0.4, 0.5) is 5.69 Å². The van der Waals surface area contributed by atoms with Crippen LogP contribution in [0.25, 0.3) is 11.0 Å². The summed E-state index contributed by atoms with van der Waals surface area (Å²) in [7, 11) is 3.76. The topological polar surface area (TPSA) is 38.2 Å². The number of ether oxygens (including phenoxy) is 1. The third kappa shape index (κ3) is 2.62. The minimum atomic E-state index is 0.283. The lowest BCUT2D eigenvalue weighted by Gasteiger charge is -2.26. The molecule has 1 atom stereocenters. The number of hydrogen-bond acceptors (Lipinski definition) is 4. The Labute approximate surface area is 115 Å². The molecule has 2 aromatic heterocycles. The van der Waals surface area contributed by atoms with Crippen LogP contribution in [0.2, 0.25) is 0 Å². The van der Waals surface area contributed by atoms with E-state index < -0.39 is 0 Å². The fraction of sp³-hybridized carbons (Fsp3) is 0.385. The maximum atomic E-state index is 5.19. The maximum Gasteiger partial charge on any atom is 0.112 e. The van der Waals surface area contributed by atoms with Gasteiger partial charge in [-0.1, -0.05) is 0 Å². The van der Waals surface area contributed by atoms with Gasteiger partial charge in [-0.2, -0.15) is 0 Å². The molecule has 0 aliphatic carbocycles. The molecule has 0 saturated heterocycles. The van der Waals surface area contributed by atoms with Crippen molar-refractivity contribution >= 4 is 32.7 Å². The van der Waals surface area contributed by atoms with E-state index in [0.717, 1.165) is 21.2 Å². The predicted molar refractivity (Wildman–Crippen MR) is 77.0 cm³/mol. The first-order chi connectivity index (χ1) is 8.63. The predicted octanol–water partition coefficient (Wildman–Crippen LogP) is 2.86. The molecule has 2 aromatic rings. The number of methoxy groups -OCH3 is 1. The minimum absolute atomic E-state index is 0.283. The van der Waals surface area contributed by atoms with Crippen LogP contribution in [-0.4, -0.2) is 36.8 Å². The number of fused-ring (bicyclic) bond motifs is 1. The minimum Gasteiger partial charge on any atom is -0.383 e. The number of pyridine rings is 2. The molecule has 2 rings (SSSR count). The highest BCUT2D eigenvalue weighted by atomic mass is 79.9. The molecule has 1 unspecified atom stereocenters. The summed E-state index contributed by atoms with van der Waals surface area (Å²) in [6.07, 6.45) is 3.60. The standard InChI is InChI=1S/C13H16BrN3O/c1-9(8-18-3)17(2)12-4-5-15-11-6-10(14)7-16-13(11)12/h4-7,9H,8H2,1-3H3. The summed E-state index contributed by atoms with van der Waals surface area (Å²) in [5, 5.41) is 0. The molecule has 0 amide bonds. The summed E-state index contributed by atoms with van der Waals surface area (Å²) in [5.74, 6) is 0. The number of rotatable bonds is 4. The van der Waals surface area contributed by atoms with Crippen LogP contribution in [-0.2, 0) is 4.74 Å². The van der Waals surface area contributed by atoms with Crippen molar-refractivity contribution in [3.8, 4) is 0 Å². The smallest absolute Gasteiger partial charge is 0.112 e. The van der Waals surface area contributed by atoms with E-state index in [0.29, 0.717) is 6.61 Å². The van der Waals surface area contributed by atoms with Gasteiger partial charge < -0.3 is 9.64 Å². The first kappa shape index (κ1) is 13.2. The molecule has 2 heterocycles. The zero-order valence-electron chi connectivity index (χ0n) is 10.7. The summed E-state index contributed by atoms with van der Waals surface area (Å²) in [6.45, 7) is 2.80. The van der Waals surface area contributed by atoms with Gasteiger partial charge in [0.1, 0.15) is 5.52 Å². The number of halogens is 1. The summed E-state index contributed by atoms with van der Waals surface area (Å²) < 4.78 is 6.13. The molecule has 96 valence electrons. The van der Waals surface area contributed by atoms with Crippen molar-refractivity contribution in [3.63, 3.8) is 0 Å². The van der Waals surface area contributed by atoms with Gasteiger partial charge in [0, 0.05) is 37.1 Å². The van der Waals surface area contributed by atoms with E-state index in [-0.39, 0.29) is 6.04 Å². The lowest BCUT2D eigenvalue weighted by atomic mass is 10.2. The van der Waals surface area contributed by atoms with Crippen LogP contribution in [0.3, 0.4) is 0 Å². The van der Waals surface area contributed by atoms with Crippen molar-refractivity contribution in [2.45, 2.75) is 13.0 Å². The molecule has 0 radical (unpaired) electrons. The van der Waals surface area contributed by atoms with E-state index in [9.17, 15) is 0 Å². The first-order valence-corrected chi connectivity index (χ1v) is 6.55. The van der Waals surface area contributed by atoms with Gasteiger partial charge in [0.2, 0.25) is 0 Å². The molecule has 0 spiro atoms. The van der Waals surface area contributed by atoms with E-state index in [1.807, 2.05) is 25.4 Å². The van der Waals surface area contributed by atoms with Gasteiger partial charge in [0.15, 0.2) is 0 Å². The first-order valence-electron chi connectivity index (χ1n) is 5.75. The highest BCUT2D eigenvalue weighted by molar-refractivity contribution is 9.10. The van der Waals surface area contributed by atoms with Crippen LogP contribution in [0.1, 0.15) is 6.92 Å². The van der Waals surface area contributed by atoms with Gasteiger partial charge >= 0.3 is 0 Å². The monoisotopic (exact) mass is 309 g/mol. The summed E-state index contributed by atoms with van der Waals surface area (Å²) >= 11 is 3.41. The van der Waals surface area contributed by atoms with Crippen molar-refractivity contribution in [1.29, 1.82) is 0 Å². The van der Waals surface area contributed by atoms with E-state index in [1.54, 1.807) is 13.3 Å². The van der Waals surface area contributed by atoms with Gasteiger partial charge in [-0.15, -0.1) is 0 Å². The van der Waals surface area contributed by atoms with E-state index in [1.165, 1.54) is 0 Å². The third-order valence-corrected chi connectivity index (χ3v) is 3.41. The zero-order chi connectivity index (χ0) is 13.1. The number of aromatic nitrogens is 2. The second-order valence-electron chi connectivity index (χ2n) is 4.27. The molecule has 0 bridgehead atoms. The van der Waals surface area contributed by atoms with Crippen LogP contribution in [0.15, 0.2) is 29.0 Å². The molecular weight excluding hydrogens is 294 g/mol. The number of nitrogens with zero attached hydrogens (tertiary/aromatic N) is 3. The van der Waals surface area contributed by atoms with E-state index >= 15 is 0 Å². The lowest BCUT2D eigenvalue weighted by Crippen LogP contribution is -2.32. The largest absolute Gasteiger partial charge is 0.383 e. The molecule has 0 saturated carbocycles. The van der Waals surface area contributed by atoms with Crippen molar-refractivity contribution in [1.82, 2.24) is 9.97 Å². The Morgan fingerprint density at radius 1 is 1.44 bits per heavy atom. The molecule has 0 fully saturated rings. The third-order valence-electron chi connectivity index (χ3n) is 2.97. The fourth-order valence-corrected chi connectivity index (χ4v) is 2.19. The second kappa shape index (κ2) is 5.63. The van der Waals surface area contributed by atoms with E-state index in [2.05, 4.69) is 37.7 Å². The quantitative estimate of drug-likeness (QED) is 0.870. The highest BCUT2D eigenvalue weighted by Gasteiger charge is 2.13. The number of anilines is 1. The van der Waals surface area contributed by atoms with Gasteiger partial charge in [0.05, 0.1) is 17.8 Å². The molecule has 0 aromatic carbocycles. The SMILES string of the molecule is COCC(C)N(C)c1ccnc2cc(Br)cnc12. The van der Waals surface area contributed by atoms with Crippen LogP contribution in [0, 0.1) is 0 Å². The normalized spacial score (nSPS) is 12.7. The number of hydrogen-bond donors (Lipinski definition) is 0. The van der Waals surface area contributed by atoms with Gasteiger partial charge in [-0.25, -0.2) is 0 Å². The maximum absolute atomic E-state index is 5.19.